The maximum atomic E-state index is 14.9. The fraction of sp³-hybridized carbons (Fsp3) is 0.583. The van der Waals surface area contributed by atoms with Gasteiger partial charge in [-0.25, -0.2) is 4.39 Å². The molecule has 0 heterocycles. The van der Waals surface area contributed by atoms with Gasteiger partial charge in [-0.2, -0.15) is 0 Å². The highest BCUT2D eigenvalue weighted by Gasteiger charge is 2.50. The lowest BCUT2D eigenvalue weighted by molar-refractivity contribution is -0.529. The van der Waals surface area contributed by atoms with Crippen LogP contribution in [0.3, 0.4) is 0 Å². The molecule has 0 aromatic carbocycles. The summed E-state index contributed by atoms with van der Waals surface area (Å²) in [4.78, 5) is 31.2. The van der Waals surface area contributed by atoms with E-state index < -0.39 is 39.3 Å². The van der Waals surface area contributed by atoms with Crippen molar-refractivity contribution >= 4 is 5.91 Å². The SMILES string of the molecule is CC(C)CC(NC1(F)C=CC([N+](=O)[O-])=CC1[N+](=O)[O-])C(N)=O. The minimum Gasteiger partial charge on any atom is -0.368 e. The van der Waals surface area contributed by atoms with E-state index in [1.807, 2.05) is 0 Å². The number of rotatable bonds is 7. The summed E-state index contributed by atoms with van der Waals surface area (Å²) in [6.07, 6.45) is 2.26. The van der Waals surface area contributed by atoms with Crippen molar-refractivity contribution in [2.24, 2.45) is 11.7 Å². The number of primary amides is 1. The van der Waals surface area contributed by atoms with Gasteiger partial charge in [-0.05, 0) is 18.4 Å². The third-order valence-electron chi connectivity index (χ3n) is 3.14. The molecule has 0 saturated carbocycles. The standard InChI is InChI=1S/C12H17FN4O5/c1-7(2)5-9(11(14)18)15-12(13)4-3-8(16(19)20)6-10(12)17(21)22/h3-4,6-7,9-10,15H,5H2,1-2H3,(H2,14,18). The van der Waals surface area contributed by atoms with Crippen molar-refractivity contribution in [3.63, 3.8) is 0 Å². The first kappa shape index (κ1) is 17.7. The van der Waals surface area contributed by atoms with Gasteiger partial charge < -0.3 is 5.73 Å². The number of amides is 1. The summed E-state index contributed by atoms with van der Waals surface area (Å²) in [7, 11) is 0. The number of halogens is 1. The number of nitrogens with one attached hydrogen (secondary N) is 1. The predicted octanol–water partition coefficient (Wildman–Crippen LogP) is 0.517. The highest BCUT2D eigenvalue weighted by atomic mass is 19.1. The number of allylic oxidation sites excluding steroid dienone is 1. The van der Waals surface area contributed by atoms with E-state index >= 15 is 0 Å². The Bertz CT molecular complexity index is 548. The number of nitro groups is 2. The van der Waals surface area contributed by atoms with Gasteiger partial charge in [0, 0.05) is 11.0 Å². The van der Waals surface area contributed by atoms with Crippen LogP contribution >= 0.6 is 0 Å². The molecule has 1 aliphatic carbocycles. The van der Waals surface area contributed by atoms with Gasteiger partial charge in [-0.3, -0.25) is 30.3 Å². The fourth-order valence-electron chi connectivity index (χ4n) is 2.10. The number of nitrogens with zero attached hydrogens (tertiary/aromatic N) is 2. The molecule has 1 rings (SSSR count). The van der Waals surface area contributed by atoms with Gasteiger partial charge >= 0.3 is 0 Å². The number of alkyl halides is 1. The summed E-state index contributed by atoms with van der Waals surface area (Å²) < 4.78 is 14.9. The minimum absolute atomic E-state index is 0.0138. The summed E-state index contributed by atoms with van der Waals surface area (Å²) in [5.41, 5.74) is 4.59. The molecule has 1 amide bonds. The van der Waals surface area contributed by atoms with Crippen molar-refractivity contribution in [3.05, 3.63) is 44.2 Å². The summed E-state index contributed by atoms with van der Waals surface area (Å²) in [6, 6.07) is -3.17. The lowest BCUT2D eigenvalue weighted by Crippen LogP contribution is -2.59. The summed E-state index contributed by atoms with van der Waals surface area (Å²) in [6.45, 7) is 3.55. The van der Waals surface area contributed by atoms with Crippen LogP contribution in [0.25, 0.3) is 0 Å². The first-order valence-corrected chi connectivity index (χ1v) is 6.51. The molecule has 10 heteroatoms. The monoisotopic (exact) mass is 316 g/mol. The molecule has 0 bridgehead atoms. The quantitative estimate of drug-likeness (QED) is 0.398. The lowest BCUT2D eigenvalue weighted by atomic mass is 9.95. The van der Waals surface area contributed by atoms with Crippen LogP contribution in [-0.4, -0.2) is 33.6 Å². The molecule has 22 heavy (non-hydrogen) atoms. The van der Waals surface area contributed by atoms with Gasteiger partial charge in [0.2, 0.25) is 5.91 Å². The highest BCUT2D eigenvalue weighted by molar-refractivity contribution is 5.80. The summed E-state index contributed by atoms with van der Waals surface area (Å²) >= 11 is 0. The van der Waals surface area contributed by atoms with Gasteiger partial charge in [0.15, 0.2) is 0 Å². The highest BCUT2D eigenvalue weighted by Crippen LogP contribution is 2.27. The fourth-order valence-corrected chi connectivity index (χ4v) is 2.10. The average Bonchev–Trinajstić information content (AvgIpc) is 2.36. The molecule has 0 aromatic rings. The molecule has 0 saturated heterocycles. The molecule has 0 spiro atoms. The summed E-state index contributed by atoms with van der Waals surface area (Å²) in [5, 5.41) is 23.9. The van der Waals surface area contributed by atoms with Crippen molar-refractivity contribution in [2.75, 3.05) is 0 Å². The molecule has 0 aliphatic heterocycles. The van der Waals surface area contributed by atoms with Crippen molar-refractivity contribution in [1.29, 1.82) is 0 Å². The third-order valence-corrected chi connectivity index (χ3v) is 3.14. The van der Waals surface area contributed by atoms with Crippen molar-refractivity contribution in [1.82, 2.24) is 5.32 Å². The number of hydrogen-bond donors (Lipinski definition) is 2. The second-order valence-electron chi connectivity index (χ2n) is 5.41. The van der Waals surface area contributed by atoms with E-state index in [0.717, 1.165) is 6.08 Å². The molecule has 3 N–H and O–H groups in total. The van der Waals surface area contributed by atoms with Gasteiger partial charge in [0.1, 0.15) is 0 Å². The van der Waals surface area contributed by atoms with E-state index in [9.17, 15) is 29.4 Å². The van der Waals surface area contributed by atoms with Crippen LogP contribution < -0.4 is 11.1 Å². The van der Waals surface area contributed by atoms with Gasteiger partial charge in [0.25, 0.3) is 17.5 Å². The normalized spacial score (nSPS) is 25.6. The zero-order valence-electron chi connectivity index (χ0n) is 12.1. The Morgan fingerprint density at radius 2 is 2.09 bits per heavy atom. The van der Waals surface area contributed by atoms with Crippen molar-refractivity contribution in [3.8, 4) is 0 Å². The van der Waals surface area contributed by atoms with E-state index in [-0.39, 0.29) is 12.3 Å². The van der Waals surface area contributed by atoms with Crippen LogP contribution in [0.15, 0.2) is 23.9 Å². The Morgan fingerprint density at radius 1 is 1.50 bits per heavy atom. The molecule has 122 valence electrons. The molecule has 0 radical (unpaired) electrons. The molecule has 3 atom stereocenters. The van der Waals surface area contributed by atoms with Crippen LogP contribution in [0.5, 0.6) is 0 Å². The lowest BCUT2D eigenvalue weighted by Gasteiger charge is -2.30. The van der Waals surface area contributed by atoms with Gasteiger partial charge in [0.05, 0.1) is 17.0 Å². The molecular formula is C12H17FN4O5. The predicted molar refractivity (Wildman–Crippen MR) is 74.4 cm³/mol. The minimum atomic E-state index is -2.74. The Balaban J connectivity index is 3.09. The number of carbonyl (C=O) groups is 1. The van der Waals surface area contributed by atoms with Crippen LogP contribution in [0.4, 0.5) is 4.39 Å². The smallest absolute Gasteiger partial charge is 0.288 e. The molecule has 3 unspecified atom stereocenters. The van der Waals surface area contributed by atoms with Crippen LogP contribution in [0.2, 0.25) is 0 Å². The van der Waals surface area contributed by atoms with Crippen molar-refractivity contribution < 1.29 is 19.0 Å². The second kappa shape index (κ2) is 6.60. The molecule has 0 fully saturated rings. The molecule has 0 aromatic heterocycles. The maximum Gasteiger partial charge on any atom is 0.288 e. The van der Waals surface area contributed by atoms with Gasteiger partial charge in [-0.15, -0.1) is 0 Å². The van der Waals surface area contributed by atoms with Crippen LogP contribution in [-0.2, 0) is 4.79 Å². The number of carbonyl (C=O) groups excluding carboxylic acids is 1. The van der Waals surface area contributed by atoms with Gasteiger partial charge in [-0.1, -0.05) is 13.8 Å². The van der Waals surface area contributed by atoms with Crippen LogP contribution in [0.1, 0.15) is 20.3 Å². The Labute approximate surface area is 125 Å². The first-order chi connectivity index (χ1) is 10.1. The van der Waals surface area contributed by atoms with E-state index in [1.165, 1.54) is 0 Å². The Morgan fingerprint density at radius 3 is 2.50 bits per heavy atom. The molecule has 9 nitrogen and oxygen atoms in total. The summed E-state index contributed by atoms with van der Waals surface area (Å²) in [5.74, 6) is -3.61. The van der Waals surface area contributed by atoms with E-state index in [0.29, 0.717) is 12.2 Å². The number of hydrogen-bond acceptors (Lipinski definition) is 6. The van der Waals surface area contributed by atoms with Crippen molar-refractivity contribution in [2.45, 2.75) is 38.1 Å². The largest absolute Gasteiger partial charge is 0.368 e. The Kier molecular flexibility index (Phi) is 5.31. The van der Waals surface area contributed by atoms with Crippen LogP contribution in [0, 0.1) is 26.1 Å². The maximum absolute atomic E-state index is 14.9. The third kappa shape index (κ3) is 4.07. The number of nitrogens with two attached hydrogens (primary N) is 1. The molecule has 1 aliphatic rings. The molecular weight excluding hydrogens is 299 g/mol. The zero-order valence-corrected chi connectivity index (χ0v) is 12.1. The average molecular weight is 316 g/mol. The van der Waals surface area contributed by atoms with E-state index in [2.05, 4.69) is 5.32 Å². The topological polar surface area (TPSA) is 141 Å². The van der Waals surface area contributed by atoms with E-state index in [1.54, 1.807) is 13.8 Å². The second-order valence-corrected chi connectivity index (χ2v) is 5.41. The van der Waals surface area contributed by atoms with E-state index in [4.69, 9.17) is 5.73 Å². The first-order valence-electron chi connectivity index (χ1n) is 6.51. The Hall–Kier alpha value is -2.36. The zero-order chi connectivity index (χ0) is 17.1.